The van der Waals surface area contributed by atoms with Crippen molar-refractivity contribution in [1.29, 1.82) is 0 Å². The largest absolute Gasteiger partial charge is 0.458 e. The summed E-state index contributed by atoms with van der Waals surface area (Å²) in [6.45, 7) is 6.29. The molecule has 0 amide bonds. The molecule has 3 aromatic rings. The predicted octanol–water partition coefficient (Wildman–Crippen LogP) is 4.00. The third-order valence-electron chi connectivity index (χ3n) is 3.34. The molecule has 18 heavy (non-hydrogen) atoms. The van der Waals surface area contributed by atoms with Crippen LogP contribution in [0.15, 0.2) is 28.7 Å². The fourth-order valence-corrected chi connectivity index (χ4v) is 2.08. The molecular formula is C15H16N2O. The number of furan rings is 1. The number of rotatable bonds is 2. The monoisotopic (exact) mass is 240 g/mol. The minimum absolute atomic E-state index is 0.801. The number of H-pyrrole nitrogens is 1. The van der Waals surface area contributed by atoms with Crippen LogP contribution in [-0.2, 0) is 6.42 Å². The summed E-state index contributed by atoms with van der Waals surface area (Å²) in [5, 5.41) is 0. The Morgan fingerprint density at radius 3 is 2.67 bits per heavy atom. The highest BCUT2D eigenvalue weighted by Crippen LogP contribution is 2.24. The molecule has 92 valence electrons. The first kappa shape index (κ1) is 11.1. The van der Waals surface area contributed by atoms with Crippen LogP contribution in [-0.4, -0.2) is 9.97 Å². The average Bonchev–Trinajstić information content (AvgIpc) is 2.95. The lowest BCUT2D eigenvalue weighted by Gasteiger charge is -1.97. The quantitative estimate of drug-likeness (QED) is 0.735. The Labute approximate surface area is 106 Å². The first-order valence-electron chi connectivity index (χ1n) is 6.23. The molecule has 1 N–H and O–H groups in total. The molecule has 0 saturated carbocycles. The Morgan fingerprint density at radius 1 is 1.17 bits per heavy atom. The van der Waals surface area contributed by atoms with E-state index in [1.165, 1.54) is 11.1 Å². The van der Waals surface area contributed by atoms with Crippen molar-refractivity contribution >= 4 is 11.0 Å². The fourth-order valence-electron chi connectivity index (χ4n) is 2.08. The molecule has 0 saturated heterocycles. The van der Waals surface area contributed by atoms with Crippen LogP contribution >= 0.6 is 0 Å². The molecule has 0 radical (unpaired) electrons. The van der Waals surface area contributed by atoms with Crippen molar-refractivity contribution < 1.29 is 4.42 Å². The molecule has 1 aromatic carbocycles. The number of aromatic amines is 1. The maximum atomic E-state index is 5.72. The second kappa shape index (κ2) is 4.02. The highest BCUT2D eigenvalue weighted by molar-refractivity contribution is 5.80. The Kier molecular flexibility index (Phi) is 2.47. The first-order valence-corrected chi connectivity index (χ1v) is 6.23. The van der Waals surface area contributed by atoms with Gasteiger partial charge in [-0.05, 0) is 49.2 Å². The number of aromatic nitrogens is 2. The molecular weight excluding hydrogens is 224 g/mol. The predicted molar refractivity (Wildman–Crippen MR) is 72.6 cm³/mol. The van der Waals surface area contributed by atoms with E-state index in [1.807, 2.05) is 12.1 Å². The van der Waals surface area contributed by atoms with Gasteiger partial charge < -0.3 is 9.40 Å². The van der Waals surface area contributed by atoms with Gasteiger partial charge in [-0.25, -0.2) is 4.98 Å². The Bertz CT molecular complexity index is 667. The van der Waals surface area contributed by atoms with E-state index >= 15 is 0 Å². The first-order chi connectivity index (χ1) is 8.67. The van der Waals surface area contributed by atoms with Crippen LogP contribution < -0.4 is 0 Å². The van der Waals surface area contributed by atoms with Gasteiger partial charge in [0, 0.05) is 6.42 Å². The van der Waals surface area contributed by atoms with E-state index < -0.39 is 0 Å². The van der Waals surface area contributed by atoms with Crippen molar-refractivity contribution in [1.82, 2.24) is 9.97 Å². The van der Waals surface area contributed by atoms with E-state index in [1.54, 1.807) is 0 Å². The number of benzene rings is 1. The van der Waals surface area contributed by atoms with Gasteiger partial charge in [0.05, 0.1) is 11.0 Å². The lowest BCUT2D eigenvalue weighted by Crippen LogP contribution is -1.79. The summed E-state index contributed by atoms with van der Waals surface area (Å²) in [6.07, 6.45) is 0.901. The molecule has 0 aliphatic rings. The molecule has 0 spiro atoms. The van der Waals surface area contributed by atoms with E-state index in [2.05, 4.69) is 42.9 Å². The summed E-state index contributed by atoms with van der Waals surface area (Å²) in [6, 6.07) is 8.20. The summed E-state index contributed by atoms with van der Waals surface area (Å²) in [5.41, 5.74) is 4.57. The van der Waals surface area contributed by atoms with Crippen molar-refractivity contribution in [3.8, 4) is 11.6 Å². The van der Waals surface area contributed by atoms with Crippen LogP contribution in [0.1, 0.15) is 23.8 Å². The highest BCUT2D eigenvalue weighted by atomic mass is 16.3. The molecule has 2 heterocycles. The van der Waals surface area contributed by atoms with E-state index in [-0.39, 0.29) is 0 Å². The lowest BCUT2D eigenvalue weighted by atomic mass is 10.1. The minimum Gasteiger partial charge on any atom is -0.458 e. The molecule has 0 atom stereocenters. The van der Waals surface area contributed by atoms with Gasteiger partial charge in [-0.1, -0.05) is 6.92 Å². The third kappa shape index (κ3) is 1.72. The van der Waals surface area contributed by atoms with Crippen LogP contribution in [0.25, 0.3) is 22.6 Å². The number of hydrogen-bond donors (Lipinski definition) is 1. The molecule has 0 aliphatic heterocycles. The van der Waals surface area contributed by atoms with Crippen LogP contribution in [0.2, 0.25) is 0 Å². The second-order valence-electron chi connectivity index (χ2n) is 4.66. The van der Waals surface area contributed by atoms with Crippen molar-refractivity contribution in [3.05, 3.63) is 41.2 Å². The number of aryl methyl sites for hydroxylation is 3. The zero-order valence-electron chi connectivity index (χ0n) is 10.9. The highest BCUT2D eigenvalue weighted by Gasteiger charge is 2.10. The second-order valence-corrected chi connectivity index (χ2v) is 4.66. The minimum atomic E-state index is 0.801. The van der Waals surface area contributed by atoms with E-state index in [4.69, 9.17) is 4.42 Å². The SMILES string of the molecule is CCc1ccc(-c2nc3cc(C)c(C)cc3[nH]2)o1. The van der Waals surface area contributed by atoms with Crippen LogP contribution in [0.5, 0.6) is 0 Å². The lowest BCUT2D eigenvalue weighted by molar-refractivity contribution is 0.526. The number of hydrogen-bond acceptors (Lipinski definition) is 2. The topological polar surface area (TPSA) is 41.8 Å². The Morgan fingerprint density at radius 2 is 1.94 bits per heavy atom. The molecule has 3 heteroatoms. The van der Waals surface area contributed by atoms with Crippen LogP contribution in [0.3, 0.4) is 0 Å². The van der Waals surface area contributed by atoms with Gasteiger partial charge in [0.15, 0.2) is 11.6 Å². The van der Waals surface area contributed by atoms with Crippen molar-refractivity contribution in [2.24, 2.45) is 0 Å². The van der Waals surface area contributed by atoms with Gasteiger partial charge in [-0.3, -0.25) is 0 Å². The molecule has 2 aromatic heterocycles. The molecule has 3 rings (SSSR count). The van der Waals surface area contributed by atoms with Crippen LogP contribution in [0, 0.1) is 13.8 Å². The van der Waals surface area contributed by atoms with E-state index in [0.29, 0.717) is 0 Å². The Hall–Kier alpha value is -2.03. The van der Waals surface area contributed by atoms with Gasteiger partial charge in [-0.15, -0.1) is 0 Å². The van der Waals surface area contributed by atoms with Gasteiger partial charge in [0.2, 0.25) is 0 Å². The van der Waals surface area contributed by atoms with E-state index in [9.17, 15) is 0 Å². The summed E-state index contributed by atoms with van der Waals surface area (Å²) in [7, 11) is 0. The molecule has 0 unspecified atom stereocenters. The normalized spacial score (nSPS) is 11.3. The van der Waals surface area contributed by atoms with Crippen LogP contribution in [0.4, 0.5) is 0 Å². The van der Waals surface area contributed by atoms with Gasteiger partial charge in [0.1, 0.15) is 5.76 Å². The standard InChI is InChI=1S/C15H16N2O/c1-4-11-5-6-14(18-11)15-16-12-7-9(2)10(3)8-13(12)17-15/h5-8H,4H2,1-3H3,(H,16,17). The van der Waals surface area contributed by atoms with Crippen molar-refractivity contribution in [2.45, 2.75) is 27.2 Å². The van der Waals surface area contributed by atoms with Crippen molar-refractivity contribution in [2.75, 3.05) is 0 Å². The molecule has 3 nitrogen and oxygen atoms in total. The van der Waals surface area contributed by atoms with Gasteiger partial charge >= 0.3 is 0 Å². The zero-order chi connectivity index (χ0) is 12.7. The van der Waals surface area contributed by atoms with E-state index in [0.717, 1.165) is 34.8 Å². The smallest absolute Gasteiger partial charge is 0.174 e. The summed E-state index contributed by atoms with van der Waals surface area (Å²) in [5.74, 6) is 2.59. The fraction of sp³-hybridized carbons (Fsp3) is 0.267. The number of nitrogens with one attached hydrogen (secondary N) is 1. The molecule has 0 fully saturated rings. The third-order valence-corrected chi connectivity index (χ3v) is 3.34. The maximum absolute atomic E-state index is 5.72. The maximum Gasteiger partial charge on any atom is 0.174 e. The summed E-state index contributed by atoms with van der Waals surface area (Å²) < 4.78 is 5.72. The number of nitrogens with zero attached hydrogens (tertiary/aromatic N) is 1. The molecule has 0 bridgehead atoms. The molecule has 0 aliphatic carbocycles. The summed E-state index contributed by atoms with van der Waals surface area (Å²) >= 11 is 0. The Balaban J connectivity index is 2.13. The van der Waals surface area contributed by atoms with Crippen molar-refractivity contribution in [3.63, 3.8) is 0 Å². The number of imidazole rings is 1. The zero-order valence-corrected chi connectivity index (χ0v) is 10.9. The van der Waals surface area contributed by atoms with Gasteiger partial charge in [0.25, 0.3) is 0 Å². The summed E-state index contributed by atoms with van der Waals surface area (Å²) in [4.78, 5) is 7.90. The van der Waals surface area contributed by atoms with Gasteiger partial charge in [-0.2, -0.15) is 0 Å². The average molecular weight is 240 g/mol. The number of fused-ring (bicyclic) bond motifs is 1.